The van der Waals surface area contributed by atoms with E-state index in [1.54, 1.807) is 6.07 Å². The highest BCUT2D eigenvalue weighted by Gasteiger charge is 2.07. The van der Waals surface area contributed by atoms with Gasteiger partial charge in [-0.1, -0.05) is 38.1 Å². The van der Waals surface area contributed by atoms with E-state index in [-0.39, 0.29) is 11.1 Å². The fourth-order valence-electron chi connectivity index (χ4n) is 2.30. The van der Waals surface area contributed by atoms with E-state index >= 15 is 0 Å². The van der Waals surface area contributed by atoms with Gasteiger partial charge in [-0.05, 0) is 42.0 Å². The number of aromatic nitrogens is 1. The van der Waals surface area contributed by atoms with Crippen molar-refractivity contribution in [2.45, 2.75) is 27.2 Å². The summed E-state index contributed by atoms with van der Waals surface area (Å²) in [5.41, 5.74) is 3.76. The zero-order chi connectivity index (χ0) is 14.7. The second-order valence-corrected chi connectivity index (χ2v) is 5.48. The van der Waals surface area contributed by atoms with Gasteiger partial charge < -0.3 is 4.98 Å². The summed E-state index contributed by atoms with van der Waals surface area (Å²) in [6.07, 6.45) is 1.04. The van der Waals surface area contributed by atoms with Crippen molar-refractivity contribution in [1.82, 2.24) is 4.98 Å². The first-order chi connectivity index (χ1) is 9.51. The van der Waals surface area contributed by atoms with Crippen LogP contribution in [0.15, 0.2) is 35.1 Å². The van der Waals surface area contributed by atoms with Crippen LogP contribution >= 0.6 is 0 Å². The van der Waals surface area contributed by atoms with Crippen molar-refractivity contribution >= 4 is 0 Å². The minimum atomic E-state index is -0.334. The van der Waals surface area contributed by atoms with Gasteiger partial charge in [-0.3, -0.25) is 4.79 Å². The zero-order valence-corrected chi connectivity index (χ0v) is 12.0. The molecule has 2 rings (SSSR count). The molecule has 0 spiro atoms. The number of nitriles is 1. The second-order valence-electron chi connectivity index (χ2n) is 5.48. The van der Waals surface area contributed by atoms with Gasteiger partial charge in [-0.15, -0.1) is 0 Å². The average Bonchev–Trinajstić information content (AvgIpc) is 2.41. The SMILES string of the molecule is Cc1cc(C#N)c(=O)[nH]c1-c1ccc(CC(C)C)cc1. The van der Waals surface area contributed by atoms with E-state index in [9.17, 15) is 4.79 Å². The van der Waals surface area contributed by atoms with Gasteiger partial charge >= 0.3 is 0 Å². The maximum Gasteiger partial charge on any atom is 0.266 e. The summed E-state index contributed by atoms with van der Waals surface area (Å²) in [4.78, 5) is 14.5. The molecule has 0 aliphatic rings. The second kappa shape index (κ2) is 5.75. The van der Waals surface area contributed by atoms with Gasteiger partial charge in [0.15, 0.2) is 0 Å². The Kier molecular flexibility index (Phi) is 4.05. The molecule has 2 aromatic rings. The summed E-state index contributed by atoms with van der Waals surface area (Å²) in [6.45, 7) is 6.28. The summed E-state index contributed by atoms with van der Waals surface area (Å²) < 4.78 is 0. The van der Waals surface area contributed by atoms with E-state index in [4.69, 9.17) is 5.26 Å². The molecular formula is C17H18N2O. The van der Waals surface area contributed by atoms with Gasteiger partial charge in [0, 0.05) is 0 Å². The molecular weight excluding hydrogens is 248 g/mol. The molecule has 0 fully saturated rings. The van der Waals surface area contributed by atoms with Crippen LogP contribution in [0.2, 0.25) is 0 Å². The highest BCUT2D eigenvalue weighted by molar-refractivity contribution is 5.63. The van der Waals surface area contributed by atoms with Gasteiger partial charge in [0.25, 0.3) is 5.56 Å². The Morgan fingerprint density at radius 1 is 1.25 bits per heavy atom. The van der Waals surface area contributed by atoms with Crippen LogP contribution in [-0.4, -0.2) is 4.98 Å². The molecule has 0 atom stereocenters. The fraction of sp³-hybridized carbons (Fsp3) is 0.294. The Morgan fingerprint density at radius 2 is 1.90 bits per heavy atom. The van der Waals surface area contributed by atoms with Crippen LogP contribution in [0.4, 0.5) is 0 Å². The number of nitrogens with zero attached hydrogens (tertiary/aromatic N) is 1. The molecule has 3 heteroatoms. The number of aryl methyl sites for hydroxylation is 1. The van der Waals surface area contributed by atoms with Crippen LogP contribution in [0.1, 0.15) is 30.5 Å². The van der Waals surface area contributed by atoms with E-state index in [2.05, 4.69) is 31.0 Å². The first-order valence-electron chi connectivity index (χ1n) is 6.74. The van der Waals surface area contributed by atoms with Crippen LogP contribution in [-0.2, 0) is 6.42 Å². The van der Waals surface area contributed by atoms with E-state index in [1.807, 2.05) is 25.1 Å². The molecule has 0 bridgehead atoms. The molecule has 102 valence electrons. The minimum Gasteiger partial charge on any atom is -0.321 e. The molecule has 1 heterocycles. The van der Waals surface area contributed by atoms with Crippen molar-refractivity contribution in [2.75, 3.05) is 0 Å². The van der Waals surface area contributed by atoms with Crippen molar-refractivity contribution in [1.29, 1.82) is 5.26 Å². The molecule has 0 unspecified atom stereocenters. The van der Waals surface area contributed by atoms with Crippen LogP contribution in [0.25, 0.3) is 11.3 Å². The maximum atomic E-state index is 11.7. The van der Waals surface area contributed by atoms with Gasteiger partial charge in [0.05, 0.1) is 5.69 Å². The number of aromatic amines is 1. The molecule has 0 saturated carbocycles. The molecule has 1 aromatic heterocycles. The summed E-state index contributed by atoms with van der Waals surface area (Å²) in [5.74, 6) is 0.623. The van der Waals surface area contributed by atoms with Gasteiger partial charge in [-0.2, -0.15) is 5.26 Å². The summed E-state index contributed by atoms with van der Waals surface area (Å²) in [6, 6.07) is 11.7. The molecule has 0 amide bonds. The molecule has 3 nitrogen and oxygen atoms in total. The average molecular weight is 266 g/mol. The topological polar surface area (TPSA) is 56.6 Å². The van der Waals surface area contributed by atoms with Crippen LogP contribution in [0.3, 0.4) is 0 Å². The number of hydrogen-bond donors (Lipinski definition) is 1. The first kappa shape index (κ1) is 14.1. The lowest BCUT2D eigenvalue weighted by Crippen LogP contribution is -2.12. The lowest BCUT2D eigenvalue weighted by molar-refractivity contribution is 0.647. The van der Waals surface area contributed by atoms with Crippen molar-refractivity contribution in [3.8, 4) is 17.3 Å². The third kappa shape index (κ3) is 2.97. The molecule has 20 heavy (non-hydrogen) atoms. The molecule has 0 aliphatic heterocycles. The normalized spacial score (nSPS) is 10.6. The lowest BCUT2D eigenvalue weighted by atomic mass is 9.99. The minimum absolute atomic E-state index is 0.155. The first-order valence-corrected chi connectivity index (χ1v) is 6.74. The number of H-pyrrole nitrogens is 1. The van der Waals surface area contributed by atoms with E-state index in [0.717, 1.165) is 23.2 Å². The van der Waals surface area contributed by atoms with E-state index in [1.165, 1.54) is 5.56 Å². The number of rotatable bonds is 3. The Morgan fingerprint density at radius 3 is 2.45 bits per heavy atom. The van der Waals surface area contributed by atoms with Gasteiger partial charge in [0.1, 0.15) is 11.6 Å². The number of hydrogen-bond acceptors (Lipinski definition) is 2. The highest BCUT2D eigenvalue weighted by atomic mass is 16.1. The quantitative estimate of drug-likeness (QED) is 0.925. The van der Waals surface area contributed by atoms with Crippen LogP contribution in [0.5, 0.6) is 0 Å². The predicted octanol–water partition coefficient (Wildman–Crippen LogP) is 3.42. The van der Waals surface area contributed by atoms with Crippen molar-refractivity contribution in [3.63, 3.8) is 0 Å². The Labute approximate surface area is 118 Å². The third-order valence-corrected chi connectivity index (χ3v) is 3.25. The van der Waals surface area contributed by atoms with Crippen molar-refractivity contribution in [3.05, 3.63) is 57.4 Å². The molecule has 0 radical (unpaired) electrons. The number of pyridine rings is 1. The molecule has 1 N–H and O–H groups in total. The Balaban J connectivity index is 2.40. The molecule has 0 saturated heterocycles. The Bertz CT molecular complexity index is 703. The molecule has 1 aromatic carbocycles. The predicted molar refractivity (Wildman–Crippen MR) is 80.5 cm³/mol. The fourth-order valence-corrected chi connectivity index (χ4v) is 2.30. The lowest BCUT2D eigenvalue weighted by Gasteiger charge is -2.09. The van der Waals surface area contributed by atoms with Crippen LogP contribution < -0.4 is 5.56 Å². The third-order valence-electron chi connectivity index (χ3n) is 3.25. The smallest absolute Gasteiger partial charge is 0.266 e. The number of nitrogens with one attached hydrogen (secondary N) is 1. The maximum absolute atomic E-state index is 11.7. The summed E-state index contributed by atoms with van der Waals surface area (Å²) >= 11 is 0. The monoisotopic (exact) mass is 266 g/mol. The Hall–Kier alpha value is -2.34. The van der Waals surface area contributed by atoms with E-state index in [0.29, 0.717) is 5.92 Å². The van der Waals surface area contributed by atoms with Gasteiger partial charge in [-0.25, -0.2) is 0 Å². The summed E-state index contributed by atoms with van der Waals surface area (Å²) in [5, 5.41) is 8.85. The van der Waals surface area contributed by atoms with Crippen LogP contribution in [0, 0.1) is 24.2 Å². The highest BCUT2D eigenvalue weighted by Crippen LogP contribution is 2.21. The van der Waals surface area contributed by atoms with Crippen molar-refractivity contribution in [2.24, 2.45) is 5.92 Å². The molecule has 0 aliphatic carbocycles. The van der Waals surface area contributed by atoms with Gasteiger partial charge in [0.2, 0.25) is 0 Å². The largest absolute Gasteiger partial charge is 0.321 e. The summed E-state index contributed by atoms with van der Waals surface area (Å²) in [7, 11) is 0. The number of benzene rings is 1. The zero-order valence-electron chi connectivity index (χ0n) is 12.0. The standard InChI is InChI=1S/C17H18N2O/c1-11(2)8-13-4-6-14(7-5-13)16-12(3)9-15(10-18)17(20)19-16/h4-7,9,11H,8H2,1-3H3,(H,19,20). The van der Waals surface area contributed by atoms with E-state index < -0.39 is 0 Å². The van der Waals surface area contributed by atoms with Crippen molar-refractivity contribution < 1.29 is 0 Å².